The van der Waals surface area contributed by atoms with Crippen molar-refractivity contribution in [2.75, 3.05) is 0 Å². The molecule has 0 bridgehead atoms. The van der Waals surface area contributed by atoms with Crippen LogP contribution in [0.15, 0.2) is 48.5 Å². The topological polar surface area (TPSA) is 50.4 Å². The molecule has 1 fully saturated rings. The van der Waals surface area contributed by atoms with Gasteiger partial charge in [-0.3, -0.25) is 4.79 Å². The standard InChI is InChI=1S/C20H22N2O2/c23-19-9-8-18(20(22-19)15-4-2-1-3-5-15)21-11-14-6-7-16-12-24-13-17(16)10-14/h1-7,10,18,20-21H,8-9,11-13H2,(H,22,23)/t18-,20+/m1/s1. The second kappa shape index (κ2) is 6.75. The van der Waals surface area contributed by atoms with Gasteiger partial charge in [0, 0.05) is 19.0 Å². The van der Waals surface area contributed by atoms with E-state index >= 15 is 0 Å². The summed E-state index contributed by atoms with van der Waals surface area (Å²) in [5.41, 5.74) is 5.02. The van der Waals surface area contributed by atoms with Gasteiger partial charge in [0.1, 0.15) is 0 Å². The molecule has 2 heterocycles. The highest BCUT2D eigenvalue weighted by atomic mass is 16.5. The van der Waals surface area contributed by atoms with E-state index in [0.717, 1.165) is 31.7 Å². The van der Waals surface area contributed by atoms with E-state index in [1.807, 2.05) is 18.2 Å². The smallest absolute Gasteiger partial charge is 0.220 e. The molecule has 2 aliphatic rings. The van der Waals surface area contributed by atoms with Crippen LogP contribution in [0.5, 0.6) is 0 Å². The Morgan fingerprint density at radius 1 is 1.08 bits per heavy atom. The van der Waals surface area contributed by atoms with Crippen LogP contribution in [-0.2, 0) is 29.3 Å². The number of ether oxygens (including phenoxy) is 1. The van der Waals surface area contributed by atoms with Gasteiger partial charge < -0.3 is 15.4 Å². The Morgan fingerprint density at radius 3 is 2.79 bits per heavy atom. The molecule has 1 saturated heterocycles. The monoisotopic (exact) mass is 322 g/mol. The lowest BCUT2D eigenvalue weighted by molar-refractivity contribution is -0.123. The number of carbonyl (C=O) groups excluding carboxylic acids is 1. The number of piperidine rings is 1. The Hall–Kier alpha value is -2.17. The highest BCUT2D eigenvalue weighted by Crippen LogP contribution is 2.25. The average Bonchev–Trinajstić information content (AvgIpc) is 3.09. The Balaban J connectivity index is 1.47. The summed E-state index contributed by atoms with van der Waals surface area (Å²) in [6.45, 7) is 2.25. The third kappa shape index (κ3) is 3.21. The van der Waals surface area contributed by atoms with Gasteiger partial charge in [-0.05, 0) is 28.7 Å². The molecule has 2 atom stereocenters. The van der Waals surface area contributed by atoms with E-state index in [2.05, 4.69) is 41.0 Å². The highest BCUT2D eigenvalue weighted by molar-refractivity contribution is 5.77. The Bertz CT molecular complexity index is 730. The maximum atomic E-state index is 11.8. The molecule has 0 unspecified atom stereocenters. The maximum absolute atomic E-state index is 11.8. The molecule has 4 heteroatoms. The molecule has 4 nitrogen and oxygen atoms in total. The van der Waals surface area contributed by atoms with Crippen LogP contribution < -0.4 is 10.6 Å². The summed E-state index contributed by atoms with van der Waals surface area (Å²) < 4.78 is 5.48. The third-order valence-electron chi connectivity index (χ3n) is 4.91. The number of hydrogen-bond donors (Lipinski definition) is 2. The zero-order valence-electron chi connectivity index (χ0n) is 13.6. The molecule has 0 aliphatic carbocycles. The van der Waals surface area contributed by atoms with E-state index in [4.69, 9.17) is 4.74 Å². The van der Waals surface area contributed by atoms with Crippen LogP contribution >= 0.6 is 0 Å². The zero-order valence-corrected chi connectivity index (χ0v) is 13.6. The zero-order chi connectivity index (χ0) is 16.4. The van der Waals surface area contributed by atoms with Crippen molar-refractivity contribution in [2.45, 2.75) is 44.7 Å². The van der Waals surface area contributed by atoms with Gasteiger partial charge in [0.05, 0.1) is 19.3 Å². The van der Waals surface area contributed by atoms with Crippen molar-refractivity contribution < 1.29 is 9.53 Å². The van der Waals surface area contributed by atoms with Gasteiger partial charge in [0.25, 0.3) is 0 Å². The summed E-state index contributed by atoms with van der Waals surface area (Å²) in [5, 5.41) is 6.78. The summed E-state index contributed by atoms with van der Waals surface area (Å²) >= 11 is 0. The molecule has 2 aromatic rings. The third-order valence-corrected chi connectivity index (χ3v) is 4.91. The van der Waals surface area contributed by atoms with E-state index in [9.17, 15) is 4.79 Å². The molecular formula is C20H22N2O2. The van der Waals surface area contributed by atoms with Gasteiger partial charge >= 0.3 is 0 Å². The number of nitrogens with one attached hydrogen (secondary N) is 2. The summed E-state index contributed by atoms with van der Waals surface area (Å²) in [6.07, 6.45) is 1.44. The van der Waals surface area contributed by atoms with Gasteiger partial charge in [0.2, 0.25) is 5.91 Å². The lowest BCUT2D eigenvalue weighted by Gasteiger charge is -2.33. The molecule has 2 N–H and O–H groups in total. The molecule has 24 heavy (non-hydrogen) atoms. The maximum Gasteiger partial charge on any atom is 0.220 e. The van der Waals surface area contributed by atoms with E-state index in [-0.39, 0.29) is 18.0 Å². The minimum atomic E-state index is 0.0326. The Kier molecular flexibility index (Phi) is 4.32. The molecule has 2 aliphatic heterocycles. The van der Waals surface area contributed by atoms with Crippen LogP contribution in [0, 0.1) is 0 Å². The first kappa shape index (κ1) is 15.4. The number of benzene rings is 2. The normalized spacial score (nSPS) is 22.9. The van der Waals surface area contributed by atoms with Crippen LogP contribution in [0.3, 0.4) is 0 Å². The average molecular weight is 322 g/mol. The number of amides is 1. The second-order valence-electron chi connectivity index (χ2n) is 6.58. The van der Waals surface area contributed by atoms with Gasteiger partial charge in [0.15, 0.2) is 0 Å². The molecule has 124 valence electrons. The first-order valence-corrected chi connectivity index (χ1v) is 8.56. The lowest BCUT2D eigenvalue weighted by Crippen LogP contribution is -2.48. The van der Waals surface area contributed by atoms with E-state index in [1.54, 1.807) is 0 Å². The van der Waals surface area contributed by atoms with Crippen LogP contribution in [0.25, 0.3) is 0 Å². The van der Waals surface area contributed by atoms with Crippen LogP contribution in [0.4, 0.5) is 0 Å². The summed E-state index contributed by atoms with van der Waals surface area (Å²) in [5.74, 6) is 0.136. The summed E-state index contributed by atoms with van der Waals surface area (Å²) in [6, 6.07) is 17.0. The molecule has 0 radical (unpaired) electrons. The highest BCUT2D eigenvalue weighted by Gasteiger charge is 2.29. The Labute approximate surface area is 142 Å². The van der Waals surface area contributed by atoms with Crippen molar-refractivity contribution >= 4 is 5.91 Å². The van der Waals surface area contributed by atoms with Crippen LogP contribution in [0.2, 0.25) is 0 Å². The van der Waals surface area contributed by atoms with E-state index in [1.165, 1.54) is 16.7 Å². The van der Waals surface area contributed by atoms with Crippen molar-refractivity contribution in [1.82, 2.24) is 10.6 Å². The van der Waals surface area contributed by atoms with E-state index < -0.39 is 0 Å². The first-order chi connectivity index (χ1) is 11.8. The van der Waals surface area contributed by atoms with E-state index in [0.29, 0.717) is 6.42 Å². The SMILES string of the molecule is O=C1CC[C@@H](NCc2ccc3c(c2)COC3)[C@H](c2ccccc2)N1. The molecule has 1 amide bonds. The van der Waals surface area contributed by atoms with Gasteiger partial charge in [-0.1, -0.05) is 48.5 Å². The van der Waals surface area contributed by atoms with Crippen molar-refractivity contribution in [3.05, 3.63) is 70.8 Å². The summed E-state index contributed by atoms with van der Waals surface area (Å²) in [7, 11) is 0. The van der Waals surface area contributed by atoms with Crippen molar-refractivity contribution in [3.63, 3.8) is 0 Å². The molecular weight excluding hydrogens is 300 g/mol. The minimum absolute atomic E-state index is 0.0326. The molecule has 2 aromatic carbocycles. The number of hydrogen-bond acceptors (Lipinski definition) is 3. The van der Waals surface area contributed by atoms with Crippen molar-refractivity contribution in [3.8, 4) is 0 Å². The van der Waals surface area contributed by atoms with Crippen molar-refractivity contribution in [1.29, 1.82) is 0 Å². The van der Waals surface area contributed by atoms with Gasteiger partial charge in [-0.15, -0.1) is 0 Å². The van der Waals surface area contributed by atoms with Gasteiger partial charge in [-0.25, -0.2) is 0 Å². The molecule has 0 spiro atoms. The Morgan fingerprint density at radius 2 is 1.92 bits per heavy atom. The fourth-order valence-electron chi connectivity index (χ4n) is 3.58. The molecule has 4 rings (SSSR count). The largest absolute Gasteiger partial charge is 0.372 e. The molecule has 0 aromatic heterocycles. The minimum Gasteiger partial charge on any atom is -0.372 e. The molecule has 0 saturated carbocycles. The fraction of sp³-hybridized carbons (Fsp3) is 0.350. The quantitative estimate of drug-likeness (QED) is 0.910. The van der Waals surface area contributed by atoms with Crippen LogP contribution in [0.1, 0.15) is 41.1 Å². The lowest BCUT2D eigenvalue weighted by atomic mass is 9.91. The summed E-state index contributed by atoms with van der Waals surface area (Å²) in [4.78, 5) is 11.8. The second-order valence-corrected chi connectivity index (χ2v) is 6.58. The van der Waals surface area contributed by atoms with Crippen LogP contribution in [-0.4, -0.2) is 11.9 Å². The predicted octanol–water partition coefficient (Wildman–Crippen LogP) is 2.83. The van der Waals surface area contributed by atoms with Crippen molar-refractivity contribution in [2.24, 2.45) is 0 Å². The van der Waals surface area contributed by atoms with Gasteiger partial charge in [-0.2, -0.15) is 0 Å². The fourth-order valence-corrected chi connectivity index (χ4v) is 3.58. The number of fused-ring (bicyclic) bond motifs is 1. The predicted molar refractivity (Wildman–Crippen MR) is 92.1 cm³/mol. The number of rotatable bonds is 4. The number of carbonyl (C=O) groups is 1. The first-order valence-electron chi connectivity index (χ1n) is 8.56.